The fourth-order valence-electron chi connectivity index (χ4n) is 1.63. The van der Waals surface area contributed by atoms with E-state index in [1.807, 2.05) is 25.1 Å². The number of ether oxygens (including phenoxy) is 2. The number of hydrogen-bond acceptors (Lipinski definition) is 3. The van der Waals surface area contributed by atoms with Crippen LogP contribution in [0, 0.1) is 6.92 Å². The van der Waals surface area contributed by atoms with Crippen molar-refractivity contribution in [1.29, 1.82) is 0 Å². The molecule has 2 aromatic carbocycles. The Morgan fingerprint density at radius 2 is 1.84 bits per heavy atom. The Morgan fingerprint density at radius 3 is 2.53 bits per heavy atom. The van der Waals surface area contributed by atoms with E-state index in [1.54, 1.807) is 37.4 Å². The summed E-state index contributed by atoms with van der Waals surface area (Å²) in [5.41, 5.74) is 1.63. The van der Waals surface area contributed by atoms with E-state index in [1.165, 1.54) is 0 Å². The zero-order valence-electron chi connectivity index (χ0n) is 10.8. The lowest BCUT2D eigenvalue weighted by molar-refractivity contribution is 0.215. The predicted octanol–water partition coefficient (Wildman–Crippen LogP) is 3.61. The number of anilines is 1. The van der Waals surface area contributed by atoms with Gasteiger partial charge in [-0.05, 0) is 36.8 Å². The molecule has 1 amide bonds. The molecule has 0 aliphatic heterocycles. The summed E-state index contributed by atoms with van der Waals surface area (Å²) in [6.07, 6.45) is -0.548. The molecule has 19 heavy (non-hydrogen) atoms. The predicted molar refractivity (Wildman–Crippen MR) is 73.8 cm³/mol. The molecule has 0 spiro atoms. The minimum Gasteiger partial charge on any atom is -0.495 e. The standard InChI is InChI=1S/C15H15NO3/c1-11-8-9-13(14(10-11)18-2)16-15(17)19-12-6-4-3-5-7-12/h3-10H,1-2H3,(H,16,17). The van der Waals surface area contributed by atoms with Crippen molar-refractivity contribution in [1.82, 2.24) is 0 Å². The van der Waals surface area contributed by atoms with Crippen molar-refractivity contribution in [3.63, 3.8) is 0 Å². The minimum atomic E-state index is -0.548. The molecule has 0 saturated heterocycles. The average molecular weight is 257 g/mol. The van der Waals surface area contributed by atoms with Crippen LogP contribution in [0.3, 0.4) is 0 Å². The second-order valence-corrected chi connectivity index (χ2v) is 4.03. The molecule has 2 aromatic rings. The highest BCUT2D eigenvalue weighted by Crippen LogP contribution is 2.25. The number of carbonyl (C=O) groups is 1. The van der Waals surface area contributed by atoms with Crippen molar-refractivity contribution in [2.75, 3.05) is 12.4 Å². The van der Waals surface area contributed by atoms with Gasteiger partial charge in [-0.25, -0.2) is 4.79 Å². The van der Waals surface area contributed by atoms with E-state index < -0.39 is 6.09 Å². The van der Waals surface area contributed by atoms with Crippen molar-refractivity contribution in [3.05, 3.63) is 54.1 Å². The Morgan fingerprint density at radius 1 is 1.11 bits per heavy atom. The zero-order valence-corrected chi connectivity index (χ0v) is 10.8. The van der Waals surface area contributed by atoms with Gasteiger partial charge in [0.25, 0.3) is 0 Å². The van der Waals surface area contributed by atoms with Gasteiger partial charge >= 0.3 is 6.09 Å². The maximum absolute atomic E-state index is 11.7. The largest absolute Gasteiger partial charge is 0.495 e. The van der Waals surface area contributed by atoms with Gasteiger partial charge in [-0.1, -0.05) is 24.3 Å². The Hall–Kier alpha value is -2.49. The van der Waals surface area contributed by atoms with Gasteiger partial charge in [0.1, 0.15) is 11.5 Å². The van der Waals surface area contributed by atoms with E-state index in [0.29, 0.717) is 17.2 Å². The van der Waals surface area contributed by atoms with Crippen LogP contribution in [0.15, 0.2) is 48.5 Å². The second-order valence-electron chi connectivity index (χ2n) is 4.03. The van der Waals surface area contributed by atoms with E-state index in [0.717, 1.165) is 5.56 Å². The van der Waals surface area contributed by atoms with Crippen LogP contribution in [0.2, 0.25) is 0 Å². The molecule has 0 saturated carbocycles. The molecule has 4 nitrogen and oxygen atoms in total. The molecule has 0 unspecified atom stereocenters. The van der Waals surface area contributed by atoms with Gasteiger partial charge < -0.3 is 9.47 Å². The lowest BCUT2D eigenvalue weighted by Gasteiger charge is -2.11. The molecule has 0 radical (unpaired) electrons. The summed E-state index contributed by atoms with van der Waals surface area (Å²) >= 11 is 0. The van der Waals surface area contributed by atoms with Gasteiger partial charge in [0.05, 0.1) is 12.8 Å². The number of para-hydroxylation sites is 1. The molecule has 0 aliphatic carbocycles. The molecule has 0 aromatic heterocycles. The molecular weight excluding hydrogens is 242 g/mol. The van der Waals surface area contributed by atoms with Crippen LogP contribution in [0.5, 0.6) is 11.5 Å². The minimum absolute atomic E-state index is 0.492. The maximum atomic E-state index is 11.7. The summed E-state index contributed by atoms with van der Waals surface area (Å²) in [7, 11) is 1.56. The Balaban J connectivity index is 2.07. The molecule has 1 N–H and O–H groups in total. The van der Waals surface area contributed by atoms with Crippen molar-refractivity contribution in [2.24, 2.45) is 0 Å². The molecule has 0 fully saturated rings. The third-order valence-electron chi connectivity index (χ3n) is 2.55. The van der Waals surface area contributed by atoms with Gasteiger partial charge in [0, 0.05) is 0 Å². The first kappa shape index (κ1) is 13.0. The molecule has 0 atom stereocenters. The van der Waals surface area contributed by atoms with Crippen molar-refractivity contribution in [3.8, 4) is 11.5 Å². The highest BCUT2D eigenvalue weighted by atomic mass is 16.6. The van der Waals surface area contributed by atoms with Crippen LogP contribution in [0.25, 0.3) is 0 Å². The summed E-state index contributed by atoms with van der Waals surface area (Å²) in [6, 6.07) is 14.4. The topological polar surface area (TPSA) is 47.6 Å². The number of hydrogen-bond donors (Lipinski definition) is 1. The summed E-state index contributed by atoms with van der Waals surface area (Å²) in [5.74, 6) is 1.09. The number of carbonyl (C=O) groups excluding carboxylic acids is 1. The van der Waals surface area contributed by atoms with Crippen LogP contribution in [-0.2, 0) is 0 Å². The zero-order chi connectivity index (χ0) is 13.7. The fourth-order valence-corrected chi connectivity index (χ4v) is 1.63. The molecule has 2 rings (SSSR count). The van der Waals surface area contributed by atoms with Crippen molar-refractivity contribution >= 4 is 11.8 Å². The van der Waals surface area contributed by atoms with E-state index in [-0.39, 0.29) is 0 Å². The molecule has 4 heteroatoms. The lowest BCUT2D eigenvalue weighted by Crippen LogP contribution is -2.17. The smallest absolute Gasteiger partial charge is 0.417 e. The molecule has 0 heterocycles. The maximum Gasteiger partial charge on any atom is 0.417 e. The van der Waals surface area contributed by atoms with Gasteiger partial charge in [0.15, 0.2) is 0 Å². The van der Waals surface area contributed by atoms with Gasteiger partial charge in [-0.2, -0.15) is 0 Å². The summed E-state index contributed by atoms with van der Waals surface area (Å²) < 4.78 is 10.3. The van der Waals surface area contributed by atoms with Crippen LogP contribution in [0.1, 0.15) is 5.56 Å². The first-order valence-electron chi connectivity index (χ1n) is 5.87. The van der Waals surface area contributed by atoms with Gasteiger partial charge in [0.2, 0.25) is 0 Å². The number of aryl methyl sites for hydroxylation is 1. The van der Waals surface area contributed by atoms with E-state index in [2.05, 4.69) is 5.32 Å². The highest BCUT2D eigenvalue weighted by molar-refractivity contribution is 5.88. The van der Waals surface area contributed by atoms with Crippen LogP contribution >= 0.6 is 0 Å². The van der Waals surface area contributed by atoms with Gasteiger partial charge in [-0.15, -0.1) is 0 Å². The second kappa shape index (κ2) is 5.91. The van der Waals surface area contributed by atoms with E-state index in [9.17, 15) is 4.79 Å². The first-order chi connectivity index (χ1) is 9.19. The Bertz CT molecular complexity index is 567. The normalized spacial score (nSPS) is 9.79. The number of amides is 1. The van der Waals surface area contributed by atoms with Gasteiger partial charge in [-0.3, -0.25) is 5.32 Å². The Labute approximate surface area is 112 Å². The van der Waals surface area contributed by atoms with Crippen molar-refractivity contribution < 1.29 is 14.3 Å². The number of rotatable bonds is 3. The van der Waals surface area contributed by atoms with Crippen LogP contribution in [-0.4, -0.2) is 13.2 Å². The molecular formula is C15H15NO3. The number of nitrogens with one attached hydrogen (secondary N) is 1. The fraction of sp³-hybridized carbons (Fsp3) is 0.133. The number of methoxy groups -OCH3 is 1. The third kappa shape index (κ3) is 3.48. The molecule has 0 bridgehead atoms. The molecule has 98 valence electrons. The SMILES string of the molecule is COc1cc(C)ccc1NC(=O)Oc1ccccc1. The van der Waals surface area contributed by atoms with Crippen LogP contribution in [0.4, 0.5) is 10.5 Å². The van der Waals surface area contributed by atoms with Crippen molar-refractivity contribution in [2.45, 2.75) is 6.92 Å². The summed E-state index contributed by atoms with van der Waals surface area (Å²) in [4.78, 5) is 11.7. The molecule has 0 aliphatic rings. The summed E-state index contributed by atoms with van der Waals surface area (Å²) in [5, 5.41) is 2.65. The Kier molecular flexibility index (Phi) is 4.03. The first-order valence-corrected chi connectivity index (χ1v) is 5.87. The number of benzene rings is 2. The monoisotopic (exact) mass is 257 g/mol. The lowest BCUT2D eigenvalue weighted by atomic mass is 10.2. The van der Waals surface area contributed by atoms with E-state index >= 15 is 0 Å². The van der Waals surface area contributed by atoms with Crippen LogP contribution < -0.4 is 14.8 Å². The summed E-state index contributed by atoms with van der Waals surface area (Å²) in [6.45, 7) is 1.95. The quantitative estimate of drug-likeness (QED) is 0.913. The average Bonchev–Trinajstić information content (AvgIpc) is 2.42. The third-order valence-corrected chi connectivity index (χ3v) is 2.55. The van der Waals surface area contributed by atoms with E-state index in [4.69, 9.17) is 9.47 Å². The highest BCUT2D eigenvalue weighted by Gasteiger charge is 2.09.